The standard InChI is InChI=1S/C42H34O/c1-31(37-26-39(33-18-7-3-8-19-33)28-40(27-37)34-20-9-4-10-21-34)16-15-17-32(2)38-29-41(35-22-11-5-12-23-35)43-42(30-38)36-24-13-6-14-25-36/h3-30H,1-2H3/b17-15+,31-16+. The van der Waals surface area contributed by atoms with E-state index in [9.17, 15) is 0 Å². The molecular weight excluding hydrogens is 520 g/mol. The van der Waals surface area contributed by atoms with Crippen LogP contribution in [0.15, 0.2) is 181 Å². The third-order valence-electron chi connectivity index (χ3n) is 7.66. The molecule has 0 fully saturated rings. The minimum Gasteiger partial charge on any atom is -0.456 e. The summed E-state index contributed by atoms with van der Waals surface area (Å²) in [7, 11) is 0. The maximum Gasteiger partial charge on any atom is 0.135 e. The molecule has 1 heterocycles. The molecule has 208 valence electrons. The van der Waals surface area contributed by atoms with Crippen LogP contribution in [0.2, 0.25) is 0 Å². The zero-order chi connectivity index (χ0) is 29.4. The lowest BCUT2D eigenvalue weighted by Crippen LogP contribution is -2.00. The number of hydrogen-bond donors (Lipinski definition) is 0. The van der Waals surface area contributed by atoms with Gasteiger partial charge in [-0.25, -0.2) is 0 Å². The monoisotopic (exact) mass is 554 g/mol. The first kappa shape index (κ1) is 27.8. The van der Waals surface area contributed by atoms with E-state index in [0.717, 1.165) is 33.8 Å². The summed E-state index contributed by atoms with van der Waals surface area (Å²) in [5.41, 5.74) is 11.7. The van der Waals surface area contributed by atoms with Gasteiger partial charge in [0, 0.05) is 11.1 Å². The zero-order valence-corrected chi connectivity index (χ0v) is 24.6. The van der Waals surface area contributed by atoms with Gasteiger partial charge in [-0.05, 0) is 88.7 Å². The van der Waals surface area contributed by atoms with Crippen molar-refractivity contribution in [2.24, 2.45) is 0 Å². The van der Waals surface area contributed by atoms with Gasteiger partial charge in [-0.1, -0.05) is 140 Å². The molecule has 0 unspecified atom stereocenters. The molecule has 5 aromatic rings. The normalized spacial score (nSPS) is 13.3. The van der Waals surface area contributed by atoms with Gasteiger partial charge in [0.25, 0.3) is 0 Å². The van der Waals surface area contributed by atoms with Gasteiger partial charge in [0.1, 0.15) is 11.5 Å². The van der Waals surface area contributed by atoms with Crippen LogP contribution in [0.25, 0.3) is 39.3 Å². The minimum absolute atomic E-state index is 0.850. The first-order valence-corrected chi connectivity index (χ1v) is 14.7. The highest BCUT2D eigenvalue weighted by Crippen LogP contribution is 2.34. The lowest BCUT2D eigenvalue weighted by molar-refractivity contribution is 0.466. The van der Waals surface area contributed by atoms with Crippen molar-refractivity contribution in [2.45, 2.75) is 13.8 Å². The molecule has 1 aliphatic heterocycles. The summed E-state index contributed by atoms with van der Waals surface area (Å²) >= 11 is 0. The summed E-state index contributed by atoms with van der Waals surface area (Å²) in [4.78, 5) is 0. The summed E-state index contributed by atoms with van der Waals surface area (Å²) in [6, 6.07) is 48.6. The lowest BCUT2D eigenvalue weighted by Gasteiger charge is -2.19. The summed E-state index contributed by atoms with van der Waals surface area (Å²) in [6.45, 7) is 4.34. The van der Waals surface area contributed by atoms with E-state index in [1.165, 1.54) is 33.4 Å². The van der Waals surface area contributed by atoms with Crippen LogP contribution in [0.5, 0.6) is 0 Å². The quantitative estimate of drug-likeness (QED) is 0.182. The number of ether oxygens (including phenoxy) is 1. The van der Waals surface area contributed by atoms with Gasteiger partial charge in [-0.15, -0.1) is 0 Å². The smallest absolute Gasteiger partial charge is 0.135 e. The number of benzene rings is 5. The van der Waals surface area contributed by atoms with Crippen molar-refractivity contribution < 1.29 is 4.74 Å². The molecule has 0 atom stereocenters. The Bertz CT molecular complexity index is 1740. The van der Waals surface area contributed by atoms with E-state index in [4.69, 9.17) is 4.74 Å². The summed E-state index contributed by atoms with van der Waals surface area (Å²) in [5.74, 6) is 1.70. The van der Waals surface area contributed by atoms with E-state index in [1.54, 1.807) is 0 Å². The maximum absolute atomic E-state index is 6.39. The average molecular weight is 555 g/mol. The van der Waals surface area contributed by atoms with Crippen molar-refractivity contribution in [3.05, 3.63) is 198 Å². The molecule has 0 saturated heterocycles. The van der Waals surface area contributed by atoms with Crippen molar-refractivity contribution in [3.8, 4) is 22.3 Å². The molecule has 0 aromatic heterocycles. The van der Waals surface area contributed by atoms with Crippen LogP contribution in [0.4, 0.5) is 0 Å². The van der Waals surface area contributed by atoms with E-state index < -0.39 is 0 Å². The van der Waals surface area contributed by atoms with Gasteiger partial charge in [-0.3, -0.25) is 0 Å². The number of hydrogen-bond acceptors (Lipinski definition) is 1. The molecule has 0 saturated carbocycles. The van der Waals surface area contributed by atoms with Crippen molar-refractivity contribution in [1.82, 2.24) is 0 Å². The molecule has 0 bridgehead atoms. The fourth-order valence-electron chi connectivity index (χ4n) is 5.20. The van der Waals surface area contributed by atoms with Crippen LogP contribution in [0.3, 0.4) is 0 Å². The number of allylic oxidation sites excluding steroid dienone is 8. The second-order valence-electron chi connectivity index (χ2n) is 10.7. The Balaban J connectivity index is 1.35. The molecular formula is C42H34O. The van der Waals surface area contributed by atoms with Crippen molar-refractivity contribution in [2.75, 3.05) is 0 Å². The van der Waals surface area contributed by atoms with Gasteiger partial charge >= 0.3 is 0 Å². The SMILES string of the molecule is CC(/C=C/C=C(\C)c1cc(-c2ccccc2)cc(-c2ccccc2)c1)=C1C=C(c2ccccc2)OC(c2ccccc2)=C1. The minimum atomic E-state index is 0.850. The fourth-order valence-corrected chi connectivity index (χ4v) is 5.20. The molecule has 5 aromatic carbocycles. The van der Waals surface area contributed by atoms with Gasteiger partial charge in [0.15, 0.2) is 0 Å². The van der Waals surface area contributed by atoms with Crippen molar-refractivity contribution in [1.29, 1.82) is 0 Å². The average Bonchev–Trinajstić information content (AvgIpc) is 3.09. The summed E-state index contributed by atoms with van der Waals surface area (Å²) in [5, 5.41) is 0. The Labute approximate surface area is 255 Å². The summed E-state index contributed by atoms with van der Waals surface area (Å²) < 4.78 is 6.39. The largest absolute Gasteiger partial charge is 0.456 e. The number of rotatable bonds is 7. The second kappa shape index (κ2) is 13.1. The predicted molar refractivity (Wildman–Crippen MR) is 183 cm³/mol. The van der Waals surface area contributed by atoms with E-state index in [0.29, 0.717) is 0 Å². The Morgan fingerprint density at radius 1 is 0.488 bits per heavy atom. The molecule has 1 aliphatic rings. The molecule has 0 radical (unpaired) electrons. The van der Waals surface area contributed by atoms with E-state index in [2.05, 4.69) is 147 Å². The topological polar surface area (TPSA) is 9.23 Å². The van der Waals surface area contributed by atoms with E-state index >= 15 is 0 Å². The van der Waals surface area contributed by atoms with Gasteiger partial charge < -0.3 is 4.74 Å². The first-order chi connectivity index (χ1) is 21.1. The van der Waals surface area contributed by atoms with Crippen molar-refractivity contribution in [3.63, 3.8) is 0 Å². The molecule has 0 N–H and O–H groups in total. The Kier molecular flexibility index (Phi) is 8.43. The Morgan fingerprint density at radius 3 is 1.35 bits per heavy atom. The highest BCUT2D eigenvalue weighted by Gasteiger charge is 2.15. The third kappa shape index (κ3) is 6.74. The zero-order valence-electron chi connectivity index (χ0n) is 24.6. The summed E-state index contributed by atoms with van der Waals surface area (Å²) in [6.07, 6.45) is 10.8. The van der Waals surface area contributed by atoms with Crippen LogP contribution in [0.1, 0.15) is 30.5 Å². The van der Waals surface area contributed by atoms with E-state index in [1.807, 2.05) is 36.4 Å². The molecule has 0 amide bonds. The molecule has 43 heavy (non-hydrogen) atoms. The molecule has 1 heteroatoms. The van der Waals surface area contributed by atoms with Crippen LogP contribution >= 0.6 is 0 Å². The molecule has 6 rings (SSSR count). The van der Waals surface area contributed by atoms with Gasteiger partial charge in [0.05, 0.1) is 0 Å². The van der Waals surface area contributed by atoms with Gasteiger partial charge in [0.2, 0.25) is 0 Å². The molecule has 0 aliphatic carbocycles. The predicted octanol–water partition coefficient (Wildman–Crippen LogP) is 11.4. The van der Waals surface area contributed by atoms with Crippen molar-refractivity contribution >= 4 is 17.1 Å². The highest BCUT2D eigenvalue weighted by molar-refractivity contribution is 5.81. The van der Waals surface area contributed by atoms with Gasteiger partial charge in [-0.2, -0.15) is 0 Å². The van der Waals surface area contributed by atoms with Crippen LogP contribution in [-0.4, -0.2) is 0 Å². The Morgan fingerprint density at radius 2 is 0.907 bits per heavy atom. The van der Waals surface area contributed by atoms with Crippen LogP contribution in [-0.2, 0) is 4.74 Å². The van der Waals surface area contributed by atoms with E-state index in [-0.39, 0.29) is 0 Å². The van der Waals surface area contributed by atoms with Crippen LogP contribution in [0, 0.1) is 0 Å². The highest BCUT2D eigenvalue weighted by atomic mass is 16.5. The second-order valence-corrected chi connectivity index (χ2v) is 10.7. The fraction of sp³-hybridized carbons (Fsp3) is 0.0476. The molecule has 0 spiro atoms. The third-order valence-corrected chi connectivity index (χ3v) is 7.66. The first-order valence-electron chi connectivity index (χ1n) is 14.7. The Hall–Kier alpha value is -5.40. The maximum atomic E-state index is 6.39. The molecule has 1 nitrogen and oxygen atoms in total. The lowest BCUT2D eigenvalue weighted by atomic mass is 9.93. The van der Waals surface area contributed by atoms with Crippen LogP contribution < -0.4 is 0 Å².